The van der Waals surface area contributed by atoms with E-state index in [1.165, 1.54) is 17.0 Å². The Bertz CT molecular complexity index is 1240. The molecule has 1 aliphatic carbocycles. The number of nitrogens with one attached hydrogen (secondary N) is 2. The third-order valence-electron chi connectivity index (χ3n) is 6.71. The van der Waals surface area contributed by atoms with E-state index in [4.69, 9.17) is 0 Å². The van der Waals surface area contributed by atoms with Crippen molar-refractivity contribution in [2.24, 2.45) is 0 Å². The maximum Gasteiger partial charge on any atom is 0.248 e. The van der Waals surface area contributed by atoms with Crippen molar-refractivity contribution in [3.63, 3.8) is 0 Å². The van der Waals surface area contributed by atoms with Crippen molar-refractivity contribution in [3.05, 3.63) is 89.9 Å². The normalized spacial score (nSPS) is 14.1. The molecule has 0 aliphatic heterocycles. The minimum atomic E-state index is -1.05. The lowest BCUT2D eigenvalue weighted by Crippen LogP contribution is -2.46. The number of hydrogen-bond acceptors (Lipinski definition) is 4. The molecule has 1 atom stereocenters. The number of aromatic nitrogens is 1. The Hall–Kier alpha value is -4.07. The van der Waals surface area contributed by atoms with E-state index in [0.29, 0.717) is 11.4 Å². The number of halogens is 1. The van der Waals surface area contributed by atoms with E-state index < -0.39 is 17.8 Å². The number of nitrogens with zero attached hydrogens (tertiary/aromatic N) is 2. The molecule has 8 heteroatoms. The van der Waals surface area contributed by atoms with Gasteiger partial charge in [0.1, 0.15) is 17.7 Å². The molecular formula is C30H33FN4O3. The number of rotatable bonds is 10. The van der Waals surface area contributed by atoms with Crippen LogP contribution in [0.5, 0.6) is 0 Å². The monoisotopic (exact) mass is 516 g/mol. The predicted molar refractivity (Wildman–Crippen MR) is 145 cm³/mol. The second-order valence-corrected chi connectivity index (χ2v) is 9.64. The van der Waals surface area contributed by atoms with Crippen LogP contribution in [0.4, 0.5) is 15.9 Å². The van der Waals surface area contributed by atoms with Gasteiger partial charge < -0.3 is 10.6 Å². The molecule has 1 heterocycles. The molecule has 1 fully saturated rings. The van der Waals surface area contributed by atoms with Gasteiger partial charge in [-0.1, -0.05) is 60.9 Å². The summed E-state index contributed by atoms with van der Waals surface area (Å²) in [6.07, 6.45) is 5.69. The molecule has 1 saturated carbocycles. The largest absolute Gasteiger partial charge is 0.351 e. The fourth-order valence-electron chi connectivity index (χ4n) is 4.74. The van der Waals surface area contributed by atoms with Crippen molar-refractivity contribution in [3.8, 4) is 0 Å². The van der Waals surface area contributed by atoms with E-state index in [1.54, 1.807) is 48.7 Å². The quantitative estimate of drug-likeness (QED) is 0.374. The van der Waals surface area contributed by atoms with E-state index >= 15 is 4.39 Å². The van der Waals surface area contributed by atoms with Crippen LogP contribution in [0.3, 0.4) is 0 Å². The number of carbonyl (C=O) groups is 3. The lowest BCUT2D eigenvalue weighted by Gasteiger charge is -2.32. The average molecular weight is 517 g/mol. The summed E-state index contributed by atoms with van der Waals surface area (Å²) in [5.74, 6) is -1.22. The summed E-state index contributed by atoms with van der Waals surface area (Å²) in [7, 11) is 0. The SMILES string of the molecule is Cc1ccc(C(C(=O)NC2CCCC2)N(C(=O)CCCC(=O)Nc2ccccn2)c2ccccc2F)cc1. The van der Waals surface area contributed by atoms with Crippen molar-refractivity contribution >= 4 is 29.2 Å². The van der Waals surface area contributed by atoms with Gasteiger partial charge in [-0.15, -0.1) is 0 Å². The molecule has 2 N–H and O–H groups in total. The van der Waals surface area contributed by atoms with E-state index in [0.717, 1.165) is 31.2 Å². The van der Waals surface area contributed by atoms with Crippen molar-refractivity contribution < 1.29 is 18.8 Å². The Morgan fingerprint density at radius 2 is 1.68 bits per heavy atom. The smallest absolute Gasteiger partial charge is 0.248 e. The van der Waals surface area contributed by atoms with Crippen LogP contribution in [0.2, 0.25) is 0 Å². The average Bonchev–Trinajstić information content (AvgIpc) is 3.42. The lowest BCUT2D eigenvalue weighted by molar-refractivity contribution is -0.127. The van der Waals surface area contributed by atoms with Crippen LogP contribution in [0.25, 0.3) is 0 Å². The molecule has 38 heavy (non-hydrogen) atoms. The zero-order valence-electron chi connectivity index (χ0n) is 21.5. The van der Waals surface area contributed by atoms with Gasteiger partial charge in [-0.25, -0.2) is 9.37 Å². The molecule has 7 nitrogen and oxygen atoms in total. The Balaban J connectivity index is 1.58. The number of amides is 3. The zero-order chi connectivity index (χ0) is 26.9. The van der Waals surface area contributed by atoms with Crippen molar-refractivity contribution in [1.82, 2.24) is 10.3 Å². The second kappa shape index (κ2) is 12.9. The summed E-state index contributed by atoms with van der Waals surface area (Å²) < 4.78 is 15.1. The molecule has 2 aromatic carbocycles. The molecule has 3 amide bonds. The molecule has 0 radical (unpaired) electrons. The van der Waals surface area contributed by atoms with Crippen molar-refractivity contribution in [2.45, 2.75) is 64.0 Å². The predicted octanol–water partition coefficient (Wildman–Crippen LogP) is 5.47. The maximum atomic E-state index is 15.1. The maximum absolute atomic E-state index is 15.1. The highest BCUT2D eigenvalue weighted by Crippen LogP contribution is 2.32. The van der Waals surface area contributed by atoms with Gasteiger partial charge >= 0.3 is 0 Å². The molecule has 0 bridgehead atoms. The number of hydrogen-bond donors (Lipinski definition) is 2. The molecule has 198 valence electrons. The van der Waals surface area contributed by atoms with Gasteiger partial charge in [0.2, 0.25) is 17.7 Å². The number of pyridine rings is 1. The fraction of sp³-hybridized carbons (Fsp3) is 0.333. The van der Waals surface area contributed by atoms with Gasteiger partial charge in [0.05, 0.1) is 5.69 Å². The summed E-state index contributed by atoms with van der Waals surface area (Å²) in [5.41, 5.74) is 1.63. The number of carbonyl (C=O) groups excluding carboxylic acids is 3. The van der Waals surface area contributed by atoms with Crippen LogP contribution >= 0.6 is 0 Å². The van der Waals surface area contributed by atoms with Crippen LogP contribution in [-0.4, -0.2) is 28.7 Å². The minimum absolute atomic E-state index is 0.0302. The van der Waals surface area contributed by atoms with E-state index in [9.17, 15) is 14.4 Å². The number of aryl methyl sites for hydroxylation is 1. The van der Waals surface area contributed by atoms with Gasteiger partial charge in [-0.2, -0.15) is 0 Å². The lowest BCUT2D eigenvalue weighted by atomic mass is 10.00. The van der Waals surface area contributed by atoms with Crippen LogP contribution < -0.4 is 15.5 Å². The number of para-hydroxylation sites is 1. The van der Waals surface area contributed by atoms with Crippen LogP contribution in [0, 0.1) is 12.7 Å². The molecule has 4 rings (SSSR count). The van der Waals surface area contributed by atoms with Crippen LogP contribution in [0.15, 0.2) is 72.9 Å². The molecular weight excluding hydrogens is 483 g/mol. The van der Waals surface area contributed by atoms with Crippen molar-refractivity contribution in [1.29, 1.82) is 0 Å². The highest BCUT2D eigenvalue weighted by atomic mass is 19.1. The summed E-state index contributed by atoms with van der Waals surface area (Å²) in [5, 5.41) is 5.79. The summed E-state index contributed by atoms with van der Waals surface area (Å²) in [4.78, 5) is 45.1. The van der Waals surface area contributed by atoms with Gasteiger partial charge in [0.15, 0.2) is 0 Å². The van der Waals surface area contributed by atoms with Gasteiger partial charge in [-0.3, -0.25) is 19.3 Å². The summed E-state index contributed by atoms with van der Waals surface area (Å²) in [6, 6.07) is 17.5. The summed E-state index contributed by atoms with van der Waals surface area (Å²) in [6.45, 7) is 1.94. The zero-order valence-corrected chi connectivity index (χ0v) is 21.5. The Labute approximate surface area is 222 Å². The first-order valence-electron chi connectivity index (χ1n) is 13.1. The Morgan fingerprint density at radius 1 is 0.974 bits per heavy atom. The first-order chi connectivity index (χ1) is 18.4. The molecule has 3 aromatic rings. The highest BCUT2D eigenvalue weighted by molar-refractivity contribution is 6.01. The van der Waals surface area contributed by atoms with Gasteiger partial charge in [-0.05, 0) is 56.0 Å². The fourth-order valence-corrected chi connectivity index (χ4v) is 4.74. The number of anilines is 2. The van der Waals surface area contributed by atoms with E-state index in [2.05, 4.69) is 15.6 Å². The molecule has 0 spiro atoms. The first-order valence-corrected chi connectivity index (χ1v) is 13.1. The van der Waals surface area contributed by atoms with Crippen molar-refractivity contribution in [2.75, 3.05) is 10.2 Å². The second-order valence-electron chi connectivity index (χ2n) is 9.64. The molecule has 0 saturated heterocycles. The third kappa shape index (κ3) is 7.03. The molecule has 1 unspecified atom stereocenters. The van der Waals surface area contributed by atoms with Gasteiger partial charge in [0.25, 0.3) is 0 Å². The van der Waals surface area contributed by atoms with Crippen LogP contribution in [0.1, 0.15) is 62.1 Å². The van der Waals surface area contributed by atoms with E-state index in [1.807, 2.05) is 19.1 Å². The summed E-state index contributed by atoms with van der Waals surface area (Å²) >= 11 is 0. The molecule has 1 aromatic heterocycles. The first kappa shape index (κ1) is 27.0. The highest BCUT2D eigenvalue weighted by Gasteiger charge is 2.35. The Morgan fingerprint density at radius 3 is 2.37 bits per heavy atom. The topological polar surface area (TPSA) is 91.4 Å². The van der Waals surface area contributed by atoms with Gasteiger partial charge in [0, 0.05) is 25.1 Å². The van der Waals surface area contributed by atoms with E-state index in [-0.39, 0.29) is 42.8 Å². The van der Waals surface area contributed by atoms with Crippen LogP contribution in [-0.2, 0) is 14.4 Å². The number of benzene rings is 2. The third-order valence-corrected chi connectivity index (χ3v) is 6.71. The Kier molecular flexibility index (Phi) is 9.19. The minimum Gasteiger partial charge on any atom is -0.351 e. The standard InChI is InChI=1S/C30H33FN4O3/c1-21-16-18-22(19-17-21)29(30(38)33-23-9-2-3-10-23)35(25-12-5-4-11-24(25)31)28(37)15-8-14-27(36)34-26-13-6-7-20-32-26/h4-7,11-13,16-20,23,29H,2-3,8-10,14-15H2,1H3,(H,33,38)(H,32,34,36). The molecule has 1 aliphatic rings.